The second kappa shape index (κ2) is 5.83. The Morgan fingerprint density at radius 1 is 1.38 bits per heavy atom. The van der Waals surface area contributed by atoms with Gasteiger partial charge in [-0.1, -0.05) is 26.2 Å². The van der Waals surface area contributed by atoms with Crippen molar-refractivity contribution in [3.05, 3.63) is 21.9 Å². The number of thiophene rings is 1. The van der Waals surface area contributed by atoms with Crippen molar-refractivity contribution < 1.29 is 0 Å². The SMILES string of the molecule is CCc1ccsc1C(NC)C1CCCCC1. The van der Waals surface area contributed by atoms with E-state index in [1.807, 2.05) is 11.3 Å². The molecule has 1 heterocycles. The Morgan fingerprint density at radius 3 is 2.75 bits per heavy atom. The summed E-state index contributed by atoms with van der Waals surface area (Å²) in [6, 6.07) is 2.91. The molecule has 0 aliphatic heterocycles. The van der Waals surface area contributed by atoms with Gasteiger partial charge in [0.25, 0.3) is 0 Å². The molecule has 1 aliphatic rings. The van der Waals surface area contributed by atoms with E-state index in [4.69, 9.17) is 0 Å². The Kier molecular flexibility index (Phi) is 4.42. The molecule has 1 atom stereocenters. The van der Waals surface area contributed by atoms with Crippen LogP contribution in [0.2, 0.25) is 0 Å². The van der Waals surface area contributed by atoms with E-state index in [-0.39, 0.29) is 0 Å². The fourth-order valence-electron chi connectivity index (χ4n) is 2.96. The second-order valence-corrected chi connectivity index (χ2v) is 5.78. The van der Waals surface area contributed by atoms with Gasteiger partial charge in [0.1, 0.15) is 0 Å². The maximum atomic E-state index is 3.56. The van der Waals surface area contributed by atoms with E-state index in [1.54, 1.807) is 10.4 Å². The first-order valence-corrected chi connectivity index (χ1v) is 7.48. The van der Waals surface area contributed by atoms with Gasteiger partial charge in [-0.3, -0.25) is 0 Å². The molecule has 1 aromatic rings. The van der Waals surface area contributed by atoms with Crippen LogP contribution in [0.3, 0.4) is 0 Å². The zero-order valence-electron chi connectivity index (χ0n) is 10.5. The standard InChI is InChI=1S/C14H23NS/c1-3-11-9-10-16-14(11)13(15-2)12-7-5-4-6-8-12/h9-10,12-13,15H,3-8H2,1-2H3. The van der Waals surface area contributed by atoms with Crippen molar-refractivity contribution in [3.8, 4) is 0 Å². The molecule has 1 aliphatic carbocycles. The molecule has 0 spiro atoms. The highest BCUT2D eigenvalue weighted by Gasteiger charge is 2.25. The highest BCUT2D eigenvalue weighted by atomic mass is 32.1. The van der Waals surface area contributed by atoms with E-state index in [9.17, 15) is 0 Å². The Labute approximate surface area is 103 Å². The molecule has 16 heavy (non-hydrogen) atoms. The summed E-state index contributed by atoms with van der Waals surface area (Å²) in [5.74, 6) is 0.864. The lowest BCUT2D eigenvalue weighted by molar-refractivity contribution is 0.284. The van der Waals surface area contributed by atoms with Crippen LogP contribution in [0.5, 0.6) is 0 Å². The highest BCUT2D eigenvalue weighted by Crippen LogP contribution is 2.37. The summed E-state index contributed by atoms with van der Waals surface area (Å²) >= 11 is 1.94. The zero-order chi connectivity index (χ0) is 11.4. The molecule has 0 radical (unpaired) electrons. The number of rotatable bonds is 4. The third-order valence-electron chi connectivity index (χ3n) is 3.88. The summed E-state index contributed by atoms with van der Waals surface area (Å²) < 4.78 is 0. The summed E-state index contributed by atoms with van der Waals surface area (Å²) in [6.07, 6.45) is 8.28. The summed E-state index contributed by atoms with van der Waals surface area (Å²) in [6.45, 7) is 2.26. The van der Waals surface area contributed by atoms with Gasteiger partial charge in [-0.25, -0.2) is 0 Å². The zero-order valence-corrected chi connectivity index (χ0v) is 11.3. The molecule has 90 valence electrons. The fraction of sp³-hybridized carbons (Fsp3) is 0.714. The van der Waals surface area contributed by atoms with E-state index >= 15 is 0 Å². The van der Waals surface area contributed by atoms with Gasteiger partial charge in [-0.05, 0) is 49.2 Å². The maximum Gasteiger partial charge on any atom is 0.0443 e. The van der Waals surface area contributed by atoms with Gasteiger partial charge >= 0.3 is 0 Å². The van der Waals surface area contributed by atoms with E-state index in [1.165, 1.54) is 38.5 Å². The molecular weight excluding hydrogens is 214 g/mol. The number of hydrogen-bond acceptors (Lipinski definition) is 2. The van der Waals surface area contributed by atoms with Crippen molar-refractivity contribution >= 4 is 11.3 Å². The van der Waals surface area contributed by atoms with Crippen molar-refractivity contribution in [1.82, 2.24) is 5.32 Å². The molecule has 1 fully saturated rings. The van der Waals surface area contributed by atoms with Crippen LogP contribution < -0.4 is 5.32 Å². The highest BCUT2D eigenvalue weighted by molar-refractivity contribution is 7.10. The minimum absolute atomic E-state index is 0.607. The fourth-order valence-corrected chi connectivity index (χ4v) is 4.16. The monoisotopic (exact) mass is 237 g/mol. The predicted octanol–water partition coefficient (Wildman–Crippen LogP) is 4.15. The molecule has 2 rings (SSSR count). The van der Waals surface area contributed by atoms with E-state index in [2.05, 4.69) is 30.7 Å². The Bertz CT molecular complexity index is 312. The van der Waals surface area contributed by atoms with E-state index < -0.39 is 0 Å². The summed E-state index contributed by atoms with van der Waals surface area (Å²) in [5.41, 5.74) is 1.55. The summed E-state index contributed by atoms with van der Waals surface area (Å²) in [7, 11) is 2.12. The van der Waals surface area contributed by atoms with Crippen LogP contribution in [-0.2, 0) is 6.42 Å². The Balaban J connectivity index is 2.14. The molecule has 0 amide bonds. The third kappa shape index (κ3) is 2.49. The molecule has 0 bridgehead atoms. The van der Waals surface area contributed by atoms with Gasteiger partial charge in [-0.2, -0.15) is 0 Å². The molecule has 1 N–H and O–H groups in total. The topological polar surface area (TPSA) is 12.0 Å². The molecule has 1 saturated carbocycles. The van der Waals surface area contributed by atoms with Gasteiger partial charge < -0.3 is 5.32 Å². The molecule has 1 aromatic heterocycles. The summed E-state index contributed by atoms with van der Waals surface area (Å²) in [4.78, 5) is 1.59. The number of nitrogens with one attached hydrogen (secondary N) is 1. The lowest BCUT2D eigenvalue weighted by Gasteiger charge is -2.30. The van der Waals surface area contributed by atoms with Gasteiger partial charge in [0.05, 0.1) is 0 Å². The molecule has 2 heteroatoms. The van der Waals surface area contributed by atoms with Crippen LogP contribution in [-0.4, -0.2) is 7.05 Å². The van der Waals surface area contributed by atoms with Crippen molar-refractivity contribution in [3.63, 3.8) is 0 Å². The average molecular weight is 237 g/mol. The molecule has 1 unspecified atom stereocenters. The maximum absolute atomic E-state index is 3.56. The van der Waals surface area contributed by atoms with Crippen LogP contribution in [0.25, 0.3) is 0 Å². The molecular formula is C14H23NS. The molecule has 0 aromatic carbocycles. The average Bonchev–Trinajstić information content (AvgIpc) is 2.80. The van der Waals surface area contributed by atoms with Gasteiger partial charge in [-0.15, -0.1) is 11.3 Å². The van der Waals surface area contributed by atoms with Crippen LogP contribution in [0.4, 0.5) is 0 Å². The quantitative estimate of drug-likeness (QED) is 0.829. The molecule has 1 nitrogen and oxygen atoms in total. The van der Waals surface area contributed by atoms with Crippen molar-refractivity contribution in [1.29, 1.82) is 0 Å². The smallest absolute Gasteiger partial charge is 0.0443 e. The lowest BCUT2D eigenvalue weighted by atomic mass is 9.82. The van der Waals surface area contributed by atoms with Crippen molar-refractivity contribution in [2.24, 2.45) is 5.92 Å². The molecule has 0 saturated heterocycles. The number of hydrogen-bond donors (Lipinski definition) is 1. The first-order valence-electron chi connectivity index (χ1n) is 6.60. The predicted molar refractivity (Wildman–Crippen MR) is 72.1 cm³/mol. The first-order chi connectivity index (χ1) is 7.86. The first kappa shape index (κ1) is 12.1. The summed E-state index contributed by atoms with van der Waals surface area (Å²) in [5, 5.41) is 5.81. The third-order valence-corrected chi connectivity index (χ3v) is 4.92. The Morgan fingerprint density at radius 2 is 2.12 bits per heavy atom. The van der Waals surface area contributed by atoms with Crippen LogP contribution in [0, 0.1) is 5.92 Å². The van der Waals surface area contributed by atoms with Crippen molar-refractivity contribution in [2.45, 2.75) is 51.5 Å². The second-order valence-electron chi connectivity index (χ2n) is 4.83. The Hall–Kier alpha value is -0.340. The minimum atomic E-state index is 0.607. The van der Waals surface area contributed by atoms with Gasteiger partial charge in [0, 0.05) is 10.9 Å². The largest absolute Gasteiger partial charge is 0.312 e. The van der Waals surface area contributed by atoms with E-state index in [0.717, 1.165) is 5.92 Å². The lowest BCUT2D eigenvalue weighted by Crippen LogP contribution is -2.26. The van der Waals surface area contributed by atoms with Crippen LogP contribution in [0.1, 0.15) is 55.5 Å². The van der Waals surface area contributed by atoms with Crippen LogP contribution in [0.15, 0.2) is 11.4 Å². The van der Waals surface area contributed by atoms with Gasteiger partial charge in [0.2, 0.25) is 0 Å². The van der Waals surface area contributed by atoms with E-state index in [0.29, 0.717) is 6.04 Å². The minimum Gasteiger partial charge on any atom is -0.312 e. The van der Waals surface area contributed by atoms with Crippen molar-refractivity contribution in [2.75, 3.05) is 7.05 Å². The normalized spacial score (nSPS) is 19.9. The van der Waals surface area contributed by atoms with Crippen LogP contribution >= 0.6 is 11.3 Å². The van der Waals surface area contributed by atoms with Gasteiger partial charge in [0.15, 0.2) is 0 Å². The number of aryl methyl sites for hydroxylation is 1.